The van der Waals surface area contributed by atoms with Crippen molar-refractivity contribution >= 4 is 5.69 Å². The summed E-state index contributed by atoms with van der Waals surface area (Å²) in [4.78, 5) is 0. The van der Waals surface area contributed by atoms with E-state index >= 15 is 0 Å². The molecule has 78 valence electrons. The first-order valence-corrected chi connectivity index (χ1v) is 5.09. The standard InChI is InChI=1S/C12H15N3/c1-3-15-8-10(7-14-15)11-6-9(2)4-5-12(11)13/h4-8H,3,13H2,1-2H3. The summed E-state index contributed by atoms with van der Waals surface area (Å²) in [5, 5.41) is 4.24. The second-order valence-electron chi connectivity index (χ2n) is 3.68. The molecule has 0 aliphatic rings. The smallest absolute Gasteiger partial charge is 0.0569 e. The molecule has 2 rings (SSSR count). The van der Waals surface area contributed by atoms with Crippen LogP contribution in [0.25, 0.3) is 11.1 Å². The predicted molar refractivity (Wildman–Crippen MR) is 62.5 cm³/mol. The van der Waals surface area contributed by atoms with E-state index in [4.69, 9.17) is 5.73 Å². The number of nitrogen functional groups attached to an aromatic ring is 1. The van der Waals surface area contributed by atoms with Crippen molar-refractivity contribution in [2.75, 3.05) is 5.73 Å². The van der Waals surface area contributed by atoms with E-state index in [0.29, 0.717) is 0 Å². The van der Waals surface area contributed by atoms with E-state index in [-0.39, 0.29) is 0 Å². The monoisotopic (exact) mass is 201 g/mol. The maximum absolute atomic E-state index is 5.94. The highest BCUT2D eigenvalue weighted by molar-refractivity contribution is 5.75. The lowest BCUT2D eigenvalue weighted by Crippen LogP contribution is -1.92. The van der Waals surface area contributed by atoms with Gasteiger partial charge in [0, 0.05) is 29.6 Å². The lowest BCUT2D eigenvalue weighted by Gasteiger charge is -2.03. The summed E-state index contributed by atoms with van der Waals surface area (Å²) >= 11 is 0. The first-order valence-electron chi connectivity index (χ1n) is 5.09. The zero-order valence-corrected chi connectivity index (χ0v) is 9.07. The number of aryl methyl sites for hydroxylation is 2. The first-order chi connectivity index (χ1) is 7.20. The molecule has 3 nitrogen and oxygen atoms in total. The van der Waals surface area contributed by atoms with Crippen LogP contribution in [0.2, 0.25) is 0 Å². The second kappa shape index (κ2) is 3.77. The summed E-state index contributed by atoms with van der Waals surface area (Å²) in [6.45, 7) is 5.01. The van der Waals surface area contributed by atoms with Crippen LogP contribution in [-0.2, 0) is 6.54 Å². The minimum absolute atomic E-state index is 0.802. The van der Waals surface area contributed by atoms with Gasteiger partial charge >= 0.3 is 0 Å². The van der Waals surface area contributed by atoms with Crippen LogP contribution >= 0.6 is 0 Å². The Kier molecular flexibility index (Phi) is 2.46. The molecule has 0 atom stereocenters. The molecule has 2 aromatic rings. The number of aromatic nitrogens is 2. The van der Waals surface area contributed by atoms with Crippen molar-refractivity contribution in [3.63, 3.8) is 0 Å². The van der Waals surface area contributed by atoms with Crippen LogP contribution in [-0.4, -0.2) is 9.78 Å². The average molecular weight is 201 g/mol. The number of nitrogens with zero attached hydrogens (tertiary/aromatic N) is 2. The zero-order valence-electron chi connectivity index (χ0n) is 9.07. The third kappa shape index (κ3) is 1.86. The molecule has 15 heavy (non-hydrogen) atoms. The fraction of sp³-hybridized carbons (Fsp3) is 0.250. The summed E-state index contributed by atoms with van der Waals surface area (Å²) < 4.78 is 1.90. The Hall–Kier alpha value is -1.77. The number of benzene rings is 1. The van der Waals surface area contributed by atoms with Crippen molar-refractivity contribution in [2.45, 2.75) is 20.4 Å². The molecule has 2 N–H and O–H groups in total. The fourth-order valence-electron chi connectivity index (χ4n) is 1.60. The highest BCUT2D eigenvalue weighted by atomic mass is 15.3. The van der Waals surface area contributed by atoms with Gasteiger partial charge in [-0.1, -0.05) is 11.6 Å². The van der Waals surface area contributed by atoms with Crippen LogP contribution in [0, 0.1) is 6.92 Å². The first kappa shape index (κ1) is 9.77. The minimum Gasteiger partial charge on any atom is -0.398 e. The van der Waals surface area contributed by atoms with Crippen molar-refractivity contribution in [1.29, 1.82) is 0 Å². The van der Waals surface area contributed by atoms with Crippen LogP contribution in [0.1, 0.15) is 12.5 Å². The van der Waals surface area contributed by atoms with Crippen molar-refractivity contribution in [3.05, 3.63) is 36.2 Å². The van der Waals surface area contributed by atoms with Crippen molar-refractivity contribution in [1.82, 2.24) is 9.78 Å². The number of hydrogen-bond donors (Lipinski definition) is 1. The summed E-state index contributed by atoms with van der Waals surface area (Å²) in [6.07, 6.45) is 3.87. The maximum atomic E-state index is 5.94. The van der Waals surface area contributed by atoms with E-state index in [1.165, 1.54) is 5.56 Å². The molecule has 0 amide bonds. The Labute approximate surface area is 89.5 Å². The van der Waals surface area contributed by atoms with E-state index in [2.05, 4.69) is 25.0 Å². The third-order valence-corrected chi connectivity index (χ3v) is 2.48. The Bertz CT molecular complexity index is 471. The molecule has 3 heteroatoms. The third-order valence-electron chi connectivity index (χ3n) is 2.48. The Balaban J connectivity index is 2.48. The molecule has 0 spiro atoms. The molecular formula is C12H15N3. The number of hydrogen-bond acceptors (Lipinski definition) is 2. The summed E-state index contributed by atoms with van der Waals surface area (Å²) in [7, 11) is 0. The molecule has 0 unspecified atom stereocenters. The molecule has 1 aromatic carbocycles. The predicted octanol–water partition coefficient (Wildman–Crippen LogP) is 2.46. The largest absolute Gasteiger partial charge is 0.398 e. The van der Waals surface area contributed by atoms with Gasteiger partial charge in [-0.15, -0.1) is 0 Å². The van der Waals surface area contributed by atoms with Gasteiger partial charge in [-0.3, -0.25) is 4.68 Å². The molecule has 0 fully saturated rings. The van der Waals surface area contributed by atoms with E-state index < -0.39 is 0 Å². The molecule has 1 aromatic heterocycles. The van der Waals surface area contributed by atoms with Gasteiger partial charge in [0.2, 0.25) is 0 Å². The lowest BCUT2D eigenvalue weighted by atomic mass is 10.0. The normalized spacial score (nSPS) is 10.5. The van der Waals surface area contributed by atoms with Crippen LogP contribution < -0.4 is 5.73 Å². The van der Waals surface area contributed by atoms with Gasteiger partial charge in [-0.2, -0.15) is 5.10 Å². The molecule has 0 aliphatic heterocycles. The molecule has 0 saturated carbocycles. The van der Waals surface area contributed by atoms with Crippen LogP contribution in [0.5, 0.6) is 0 Å². The maximum Gasteiger partial charge on any atom is 0.0569 e. The van der Waals surface area contributed by atoms with Crippen molar-refractivity contribution < 1.29 is 0 Å². The Morgan fingerprint density at radius 1 is 1.40 bits per heavy atom. The summed E-state index contributed by atoms with van der Waals surface area (Å²) in [5.41, 5.74) is 10.1. The second-order valence-corrected chi connectivity index (χ2v) is 3.68. The Morgan fingerprint density at radius 3 is 2.87 bits per heavy atom. The van der Waals surface area contributed by atoms with Gasteiger partial charge in [0.25, 0.3) is 0 Å². The highest BCUT2D eigenvalue weighted by Gasteiger charge is 2.04. The van der Waals surface area contributed by atoms with Gasteiger partial charge in [0.15, 0.2) is 0 Å². The van der Waals surface area contributed by atoms with Gasteiger partial charge in [0.1, 0.15) is 0 Å². The van der Waals surface area contributed by atoms with Gasteiger partial charge < -0.3 is 5.73 Å². The molecular weight excluding hydrogens is 186 g/mol. The molecule has 0 aliphatic carbocycles. The Morgan fingerprint density at radius 2 is 2.20 bits per heavy atom. The highest BCUT2D eigenvalue weighted by Crippen LogP contribution is 2.26. The molecule has 0 saturated heterocycles. The SMILES string of the molecule is CCn1cc(-c2cc(C)ccc2N)cn1. The van der Waals surface area contributed by atoms with Crippen LogP contribution in [0.3, 0.4) is 0 Å². The summed E-state index contributed by atoms with van der Waals surface area (Å²) in [5.74, 6) is 0. The lowest BCUT2D eigenvalue weighted by molar-refractivity contribution is 0.660. The van der Waals surface area contributed by atoms with Crippen LogP contribution in [0.15, 0.2) is 30.6 Å². The average Bonchev–Trinajstić information content (AvgIpc) is 2.70. The molecule has 0 radical (unpaired) electrons. The van der Waals surface area contributed by atoms with E-state index in [1.54, 1.807) is 0 Å². The topological polar surface area (TPSA) is 43.8 Å². The quantitative estimate of drug-likeness (QED) is 0.758. The van der Waals surface area contributed by atoms with E-state index in [1.807, 2.05) is 29.2 Å². The zero-order chi connectivity index (χ0) is 10.8. The van der Waals surface area contributed by atoms with Gasteiger partial charge in [-0.05, 0) is 26.0 Å². The minimum atomic E-state index is 0.802. The number of nitrogens with two attached hydrogens (primary N) is 1. The van der Waals surface area contributed by atoms with Crippen LogP contribution in [0.4, 0.5) is 5.69 Å². The number of anilines is 1. The van der Waals surface area contributed by atoms with E-state index in [0.717, 1.165) is 23.4 Å². The van der Waals surface area contributed by atoms with Gasteiger partial charge in [-0.25, -0.2) is 0 Å². The summed E-state index contributed by atoms with van der Waals surface area (Å²) in [6, 6.07) is 6.05. The number of rotatable bonds is 2. The van der Waals surface area contributed by atoms with Gasteiger partial charge in [0.05, 0.1) is 6.20 Å². The molecule has 0 bridgehead atoms. The van der Waals surface area contributed by atoms with Crippen molar-refractivity contribution in [2.24, 2.45) is 0 Å². The molecule has 1 heterocycles. The van der Waals surface area contributed by atoms with E-state index in [9.17, 15) is 0 Å². The fourth-order valence-corrected chi connectivity index (χ4v) is 1.60. The van der Waals surface area contributed by atoms with Crippen molar-refractivity contribution in [3.8, 4) is 11.1 Å².